The van der Waals surface area contributed by atoms with Gasteiger partial charge in [0.2, 0.25) is 10.0 Å². The first-order valence-electron chi connectivity index (χ1n) is 8.72. The molecule has 28 heavy (non-hydrogen) atoms. The van der Waals surface area contributed by atoms with Crippen molar-refractivity contribution in [3.05, 3.63) is 46.2 Å². The highest BCUT2D eigenvalue weighted by Gasteiger charge is 2.32. The molecule has 0 unspecified atom stereocenters. The van der Waals surface area contributed by atoms with Crippen LogP contribution in [-0.2, 0) is 17.1 Å². The predicted molar refractivity (Wildman–Crippen MR) is 104 cm³/mol. The third-order valence-corrected chi connectivity index (χ3v) is 7.10. The summed E-state index contributed by atoms with van der Waals surface area (Å²) in [6.45, 7) is 3.92. The second-order valence-corrected chi connectivity index (χ2v) is 8.95. The fourth-order valence-electron chi connectivity index (χ4n) is 3.19. The van der Waals surface area contributed by atoms with Crippen LogP contribution in [0.2, 0.25) is 5.15 Å². The largest absolute Gasteiger partial charge is 0.336 e. The molecule has 1 amide bonds. The number of halogens is 1. The molecule has 0 radical (unpaired) electrons. The van der Waals surface area contributed by atoms with Gasteiger partial charge < -0.3 is 4.90 Å². The first kappa shape index (κ1) is 20.5. The predicted octanol–water partition coefficient (Wildman–Crippen LogP) is 1.73. The summed E-state index contributed by atoms with van der Waals surface area (Å²) >= 11 is 6.17. The topological polar surface area (TPSA) is 92.6 Å². The van der Waals surface area contributed by atoms with Gasteiger partial charge in [0.25, 0.3) is 5.91 Å². The van der Waals surface area contributed by atoms with Crippen molar-refractivity contribution < 1.29 is 18.0 Å². The zero-order valence-corrected chi connectivity index (χ0v) is 17.4. The summed E-state index contributed by atoms with van der Waals surface area (Å²) in [6.07, 6.45) is 0. The molecule has 2 heterocycles. The Balaban J connectivity index is 1.75. The third kappa shape index (κ3) is 3.69. The number of nitrogens with zero attached hydrogens (tertiary/aromatic N) is 4. The SMILES string of the molecule is CC(=O)c1cccc(S(=O)(=O)N2CCN(C(=O)c3c(C)nn(C)c3Cl)CC2)c1. The van der Waals surface area contributed by atoms with E-state index in [1.807, 2.05) is 0 Å². The fourth-order valence-corrected chi connectivity index (χ4v) is 4.91. The molecule has 8 nitrogen and oxygen atoms in total. The molecule has 0 aliphatic carbocycles. The number of hydrogen-bond donors (Lipinski definition) is 0. The summed E-state index contributed by atoms with van der Waals surface area (Å²) in [5.74, 6) is -0.456. The number of aromatic nitrogens is 2. The Morgan fingerprint density at radius 1 is 1.14 bits per heavy atom. The Morgan fingerprint density at radius 3 is 2.32 bits per heavy atom. The zero-order chi connectivity index (χ0) is 20.6. The van der Waals surface area contributed by atoms with Crippen LogP contribution in [0.5, 0.6) is 0 Å². The molecule has 0 N–H and O–H groups in total. The van der Waals surface area contributed by atoms with Crippen LogP contribution in [0.3, 0.4) is 0 Å². The van der Waals surface area contributed by atoms with Gasteiger partial charge in [0.15, 0.2) is 5.78 Å². The van der Waals surface area contributed by atoms with Crippen LogP contribution in [0.15, 0.2) is 29.2 Å². The number of hydrogen-bond acceptors (Lipinski definition) is 5. The Labute approximate surface area is 168 Å². The quantitative estimate of drug-likeness (QED) is 0.697. The monoisotopic (exact) mass is 424 g/mol. The van der Waals surface area contributed by atoms with Gasteiger partial charge in [-0.15, -0.1) is 0 Å². The van der Waals surface area contributed by atoms with Gasteiger partial charge in [-0.3, -0.25) is 14.3 Å². The maximum Gasteiger partial charge on any atom is 0.258 e. The van der Waals surface area contributed by atoms with Crippen molar-refractivity contribution >= 4 is 33.3 Å². The smallest absolute Gasteiger partial charge is 0.258 e. The van der Waals surface area contributed by atoms with E-state index in [1.54, 1.807) is 31.0 Å². The maximum absolute atomic E-state index is 12.9. The number of aryl methyl sites for hydroxylation is 2. The van der Waals surface area contributed by atoms with Crippen molar-refractivity contribution in [3.63, 3.8) is 0 Å². The number of rotatable bonds is 4. The van der Waals surface area contributed by atoms with E-state index in [4.69, 9.17) is 11.6 Å². The molecule has 1 fully saturated rings. The normalized spacial score (nSPS) is 15.6. The molecule has 0 saturated carbocycles. The van der Waals surface area contributed by atoms with E-state index in [0.717, 1.165) is 0 Å². The van der Waals surface area contributed by atoms with Crippen LogP contribution in [0.1, 0.15) is 33.3 Å². The molecule has 1 aliphatic rings. The highest BCUT2D eigenvalue weighted by molar-refractivity contribution is 7.89. The van der Waals surface area contributed by atoms with Gasteiger partial charge in [-0.2, -0.15) is 9.40 Å². The van der Waals surface area contributed by atoms with E-state index >= 15 is 0 Å². The van der Waals surface area contributed by atoms with Crippen LogP contribution in [0, 0.1) is 6.92 Å². The van der Waals surface area contributed by atoms with E-state index in [1.165, 1.54) is 28.0 Å². The number of carbonyl (C=O) groups excluding carboxylic acids is 2. The number of benzene rings is 1. The molecule has 1 saturated heterocycles. The van der Waals surface area contributed by atoms with E-state index in [-0.39, 0.29) is 47.9 Å². The highest BCUT2D eigenvalue weighted by atomic mass is 35.5. The molecule has 1 aliphatic heterocycles. The van der Waals surface area contributed by atoms with Gasteiger partial charge in [0.1, 0.15) is 5.15 Å². The molecule has 1 aromatic carbocycles. The molecular weight excluding hydrogens is 404 g/mol. The lowest BCUT2D eigenvalue weighted by atomic mass is 10.2. The van der Waals surface area contributed by atoms with Gasteiger partial charge in [-0.05, 0) is 26.0 Å². The minimum absolute atomic E-state index is 0.0751. The highest BCUT2D eigenvalue weighted by Crippen LogP contribution is 2.23. The lowest BCUT2D eigenvalue weighted by Gasteiger charge is -2.34. The number of piperazine rings is 1. The molecular formula is C18H21ClN4O4S. The van der Waals surface area contributed by atoms with Crippen molar-refractivity contribution in [2.75, 3.05) is 26.2 Å². The molecule has 2 aromatic rings. The summed E-state index contributed by atoms with van der Waals surface area (Å²) < 4.78 is 28.6. The van der Waals surface area contributed by atoms with Crippen LogP contribution < -0.4 is 0 Å². The molecule has 150 valence electrons. The van der Waals surface area contributed by atoms with E-state index in [9.17, 15) is 18.0 Å². The van der Waals surface area contributed by atoms with Crippen LogP contribution in [-0.4, -0.2) is 65.3 Å². The second-order valence-electron chi connectivity index (χ2n) is 6.66. The summed E-state index contributed by atoms with van der Waals surface area (Å²) in [5.41, 5.74) is 1.22. The van der Waals surface area contributed by atoms with Gasteiger partial charge in [-0.25, -0.2) is 8.42 Å². The minimum atomic E-state index is -3.74. The fraction of sp³-hybridized carbons (Fsp3) is 0.389. The number of carbonyl (C=O) groups is 2. The van der Waals surface area contributed by atoms with Crippen molar-refractivity contribution in [1.29, 1.82) is 0 Å². The average Bonchev–Trinajstić information content (AvgIpc) is 2.93. The van der Waals surface area contributed by atoms with Gasteiger partial charge in [0.05, 0.1) is 16.2 Å². The maximum atomic E-state index is 12.9. The summed E-state index contributed by atoms with van der Waals surface area (Å²) in [4.78, 5) is 26.0. The Bertz CT molecular complexity index is 1040. The second kappa shape index (κ2) is 7.65. The lowest BCUT2D eigenvalue weighted by molar-refractivity contribution is 0.0697. The van der Waals surface area contributed by atoms with Crippen LogP contribution in [0.4, 0.5) is 0 Å². The van der Waals surface area contributed by atoms with Gasteiger partial charge >= 0.3 is 0 Å². The Morgan fingerprint density at radius 2 is 1.79 bits per heavy atom. The van der Waals surface area contributed by atoms with Crippen LogP contribution >= 0.6 is 11.6 Å². The first-order chi connectivity index (χ1) is 13.1. The molecule has 1 aromatic heterocycles. The average molecular weight is 425 g/mol. The summed E-state index contributed by atoms with van der Waals surface area (Å²) in [5, 5.41) is 4.41. The van der Waals surface area contributed by atoms with E-state index in [2.05, 4.69) is 5.10 Å². The Kier molecular flexibility index (Phi) is 5.60. The number of amides is 1. The van der Waals surface area contributed by atoms with Crippen LogP contribution in [0.25, 0.3) is 0 Å². The van der Waals surface area contributed by atoms with Crippen molar-refractivity contribution in [1.82, 2.24) is 19.0 Å². The summed E-state index contributed by atoms with van der Waals surface area (Å²) in [6, 6.07) is 5.99. The zero-order valence-electron chi connectivity index (χ0n) is 15.8. The number of sulfonamides is 1. The third-order valence-electron chi connectivity index (χ3n) is 4.77. The Hall–Kier alpha value is -2.23. The molecule has 0 bridgehead atoms. The minimum Gasteiger partial charge on any atom is -0.336 e. The lowest BCUT2D eigenvalue weighted by Crippen LogP contribution is -2.50. The van der Waals surface area contributed by atoms with E-state index in [0.29, 0.717) is 16.8 Å². The summed E-state index contributed by atoms with van der Waals surface area (Å²) in [7, 11) is -2.08. The number of ketones is 1. The van der Waals surface area contributed by atoms with Crippen molar-refractivity contribution in [2.45, 2.75) is 18.7 Å². The molecule has 0 spiro atoms. The van der Waals surface area contributed by atoms with Crippen molar-refractivity contribution in [3.8, 4) is 0 Å². The van der Waals surface area contributed by atoms with E-state index < -0.39 is 10.0 Å². The standard InChI is InChI=1S/C18H21ClN4O4S/c1-12-16(17(19)21(3)20-12)18(25)22-7-9-23(10-8-22)28(26,27)15-6-4-5-14(11-15)13(2)24/h4-6,11H,7-10H2,1-3H3. The molecule has 10 heteroatoms. The van der Waals surface area contributed by atoms with Crippen molar-refractivity contribution in [2.24, 2.45) is 7.05 Å². The number of Topliss-reactive ketones (excluding diaryl/α,β-unsaturated/α-hetero) is 1. The van der Waals surface area contributed by atoms with Gasteiger partial charge in [-0.1, -0.05) is 23.7 Å². The molecule has 3 rings (SSSR count). The first-order valence-corrected chi connectivity index (χ1v) is 10.5. The van der Waals surface area contributed by atoms with Gasteiger partial charge in [0, 0.05) is 38.8 Å². The molecule has 0 atom stereocenters.